The van der Waals surface area contributed by atoms with E-state index in [0.29, 0.717) is 12.1 Å². The lowest BCUT2D eigenvalue weighted by Gasteiger charge is -2.34. The van der Waals surface area contributed by atoms with E-state index in [1.165, 1.54) is 11.0 Å². The van der Waals surface area contributed by atoms with E-state index in [1.807, 2.05) is 43.3 Å². The monoisotopic (exact) mass is 576 g/mol. The molecule has 2 atom stereocenters. The first-order chi connectivity index (χ1) is 19.9. The standard InChI is InChI=1S/C32H40N4O6/c1-5-6-11-18-36(30(40)25(20-27(33)38)35-31(41)42-32(2,3)4)28(24-14-9-10-15-26(24)37)29(39)34-23-17-16-21-12-7-8-13-22(21)19-23/h7-10,12-17,19,25,28,37H,5-6,11,18,20H2,1-4H3,(H2,33,38)(H,34,39)(H,35,41). The minimum absolute atomic E-state index is 0.113. The molecule has 0 aliphatic rings. The average Bonchev–Trinajstić information content (AvgIpc) is 2.91. The highest BCUT2D eigenvalue weighted by Crippen LogP contribution is 2.32. The lowest BCUT2D eigenvalue weighted by Crippen LogP contribution is -2.53. The summed E-state index contributed by atoms with van der Waals surface area (Å²) in [6, 6.07) is 16.7. The van der Waals surface area contributed by atoms with Crippen LogP contribution in [0.3, 0.4) is 0 Å². The molecule has 5 N–H and O–H groups in total. The highest BCUT2D eigenvalue weighted by Gasteiger charge is 2.38. The molecule has 0 fully saturated rings. The van der Waals surface area contributed by atoms with Crippen molar-refractivity contribution in [1.82, 2.24) is 10.2 Å². The van der Waals surface area contributed by atoms with Gasteiger partial charge in [-0.25, -0.2) is 4.79 Å². The molecule has 0 radical (unpaired) electrons. The van der Waals surface area contributed by atoms with Gasteiger partial charge in [-0.3, -0.25) is 14.4 Å². The summed E-state index contributed by atoms with van der Waals surface area (Å²) in [5.41, 5.74) is 5.29. The van der Waals surface area contributed by atoms with Gasteiger partial charge in [0, 0.05) is 17.8 Å². The third-order valence-electron chi connectivity index (χ3n) is 6.49. The van der Waals surface area contributed by atoms with Gasteiger partial charge in [0.15, 0.2) is 0 Å². The van der Waals surface area contributed by atoms with Gasteiger partial charge in [-0.15, -0.1) is 0 Å². The zero-order chi connectivity index (χ0) is 30.9. The number of fused-ring (bicyclic) bond motifs is 1. The summed E-state index contributed by atoms with van der Waals surface area (Å²) in [6.45, 7) is 7.11. The zero-order valence-electron chi connectivity index (χ0n) is 24.6. The first kappa shape index (κ1) is 31.9. The summed E-state index contributed by atoms with van der Waals surface area (Å²) in [5.74, 6) is -2.29. The first-order valence-electron chi connectivity index (χ1n) is 14.1. The summed E-state index contributed by atoms with van der Waals surface area (Å²) in [6.07, 6.45) is 0.708. The second-order valence-corrected chi connectivity index (χ2v) is 11.1. The predicted octanol–water partition coefficient (Wildman–Crippen LogP) is 5.01. The maximum atomic E-state index is 14.1. The molecule has 0 bridgehead atoms. The number of carbonyl (C=O) groups is 4. The number of amides is 4. The van der Waals surface area contributed by atoms with E-state index < -0.39 is 47.9 Å². The molecule has 0 saturated carbocycles. The number of hydrogen-bond donors (Lipinski definition) is 4. The molecule has 10 nitrogen and oxygen atoms in total. The van der Waals surface area contributed by atoms with Gasteiger partial charge in [0.2, 0.25) is 11.8 Å². The van der Waals surface area contributed by atoms with Gasteiger partial charge < -0.3 is 31.1 Å². The van der Waals surface area contributed by atoms with E-state index in [4.69, 9.17) is 10.5 Å². The zero-order valence-corrected chi connectivity index (χ0v) is 24.6. The minimum atomic E-state index is -1.40. The van der Waals surface area contributed by atoms with Crippen LogP contribution >= 0.6 is 0 Å². The minimum Gasteiger partial charge on any atom is -0.508 e. The largest absolute Gasteiger partial charge is 0.508 e. The van der Waals surface area contributed by atoms with Crippen LogP contribution in [-0.2, 0) is 19.1 Å². The fraction of sp³-hybridized carbons (Fsp3) is 0.375. The van der Waals surface area contributed by atoms with Crippen LogP contribution in [0.2, 0.25) is 0 Å². The van der Waals surface area contributed by atoms with Crippen molar-refractivity contribution in [3.63, 3.8) is 0 Å². The number of carbonyl (C=O) groups excluding carboxylic acids is 4. The number of unbranched alkanes of at least 4 members (excludes halogenated alkanes) is 2. The maximum Gasteiger partial charge on any atom is 0.408 e. The van der Waals surface area contributed by atoms with Gasteiger partial charge in [0.1, 0.15) is 23.4 Å². The van der Waals surface area contributed by atoms with Crippen LogP contribution in [0.15, 0.2) is 66.7 Å². The Bertz CT molecular complexity index is 1420. The Morgan fingerprint density at radius 3 is 2.26 bits per heavy atom. The molecule has 3 rings (SSSR count). The molecule has 2 unspecified atom stereocenters. The van der Waals surface area contributed by atoms with E-state index in [9.17, 15) is 24.3 Å². The SMILES string of the molecule is CCCCCN(C(=O)C(CC(N)=O)NC(=O)OC(C)(C)C)C(C(=O)Nc1ccc2ccccc2c1)c1ccccc1O. The Hall–Kier alpha value is -4.60. The van der Waals surface area contributed by atoms with Gasteiger partial charge in [-0.2, -0.15) is 0 Å². The van der Waals surface area contributed by atoms with Crippen molar-refractivity contribution >= 4 is 40.3 Å². The van der Waals surface area contributed by atoms with Crippen LogP contribution in [-0.4, -0.2) is 52.0 Å². The van der Waals surface area contributed by atoms with E-state index in [0.717, 1.165) is 23.6 Å². The molecule has 0 aromatic heterocycles. The number of benzene rings is 3. The van der Waals surface area contributed by atoms with E-state index in [-0.39, 0.29) is 17.9 Å². The summed E-state index contributed by atoms with van der Waals surface area (Å²) in [7, 11) is 0. The Kier molecular flexibility index (Phi) is 10.9. The number of hydrogen-bond acceptors (Lipinski definition) is 6. The number of anilines is 1. The lowest BCUT2D eigenvalue weighted by atomic mass is 10.00. The molecule has 0 heterocycles. The summed E-state index contributed by atoms with van der Waals surface area (Å²) in [5, 5.41) is 18.1. The number of nitrogens with two attached hydrogens (primary N) is 1. The third-order valence-corrected chi connectivity index (χ3v) is 6.49. The number of primary amides is 1. The summed E-state index contributed by atoms with van der Waals surface area (Å²) < 4.78 is 5.31. The summed E-state index contributed by atoms with van der Waals surface area (Å²) >= 11 is 0. The maximum absolute atomic E-state index is 14.1. The van der Waals surface area contributed by atoms with E-state index >= 15 is 0 Å². The van der Waals surface area contributed by atoms with Crippen molar-refractivity contribution < 1.29 is 29.0 Å². The number of nitrogens with one attached hydrogen (secondary N) is 2. The van der Waals surface area contributed by atoms with E-state index in [2.05, 4.69) is 10.6 Å². The number of alkyl carbamates (subject to hydrolysis) is 1. The summed E-state index contributed by atoms with van der Waals surface area (Å²) in [4.78, 5) is 54.0. The van der Waals surface area contributed by atoms with Crippen LogP contribution in [0.1, 0.15) is 65.0 Å². The van der Waals surface area contributed by atoms with Crippen molar-refractivity contribution in [2.45, 2.75) is 71.1 Å². The smallest absolute Gasteiger partial charge is 0.408 e. The molecular weight excluding hydrogens is 536 g/mol. The van der Waals surface area contributed by atoms with E-state index in [1.54, 1.807) is 45.0 Å². The van der Waals surface area contributed by atoms with Crippen LogP contribution < -0.4 is 16.4 Å². The van der Waals surface area contributed by atoms with Gasteiger partial charge in [0.25, 0.3) is 5.91 Å². The number of phenolic OH excluding ortho intramolecular Hbond substituents is 1. The van der Waals surface area contributed by atoms with Gasteiger partial charge in [-0.05, 0) is 56.2 Å². The van der Waals surface area contributed by atoms with Crippen molar-refractivity contribution in [3.8, 4) is 5.75 Å². The molecule has 0 saturated heterocycles. The molecule has 3 aromatic rings. The average molecular weight is 577 g/mol. The lowest BCUT2D eigenvalue weighted by molar-refractivity contribution is -0.142. The molecule has 0 aliphatic carbocycles. The number of nitrogens with zero attached hydrogens (tertiary/aromatic N) is 1. The second-order valence-electron chi connectivity index (χ2n) is 11.1. The quantitative estimate of drug-likeness (QED) is 0.223. The fourth-order valence-electron chi connectivity index (χ4n) is 4.60. The number of phenols is 1. The molecule has 4 amide bonds. The first-order valence-corrected chi connectivity index (χ1v) is 14.1. The Balaban J connectivity index is 2.04. The highest BCUT2D eigenvalue weighted by molar-refractivity contribution is 6.01. The van der Waals surface area contributed by atoms with Crippen LogP contribution in [0.5, 0.6) is 5.75 Å². The Labute approximate surface area is 246 Å². The van der Waals surface area contributed by atoms with Crippen LogP contribution in [0.25, 0.3) is 10.8 Å². The van der Waals surface area contributed by atoms with Crippen LogP contribution in [0, 0.1) is 0 Å². The molecule has 3 aromatic carbocycles. The molecule has 224 valence electrons. The molecule has 0 spiro atoms. The molecular formula is C32H40N4O6. The van der Waals surface area contributed by atoms with Gasteiger partial charge in [0.05, 0.1) is 6.42 Å². The van der Waals surface area contributed by atoms with Crippen molar-refractivity contribution in [1.29, 1.82) is 0 Å². The predicted molar refractivity (Wildman–Crippen MR) is 162 cm³/mol. The van der Waals surface area contributed by atoms with Gasteiger partial charge >= 0.3 is 6.09 Å². The molecule has 0 aliphatic heterocycles. The Morgan fingerprint density at radius 2 is 1.62 bits per heavy atom. The van der Waals surface area contributed by atoms with Crippen molar-refractivity contribution in [2.75, 3.05) is 11.9 Å². The fourth-order valence-corrected chi connectivity index (χ4v) is 4.60. The normalized spacial score (nSPS) is 12.7. The molecule has 10 heteroatoms. The number of rotatable bonds is 12. The second kappa shape index (κ2) is 14.3. The third kappa shape index (κ3) is 8.95. The van der Waals surface area contributed by atoms with Crippen LogP contribution in [0.4, 0.5) is 10.5 Å². The van der Waals surface area contributed by atoms with Crippen molar-refractivity contribution in [3.05, 3.63) is 72.3 Å². The number of para-hydroxylation sites is 1. The number of aromatic hydroxyl groups is 1. The number of ether oxygens (including phenoxy) is 1. The highest BCUT2D eigenvalue weighted by atomic mass is 16.6. The topological polar surface area (TPSA) is 151 Å². The Morgan fingerprint density at radius 1 is 0.952 bits per heavy atom. The molecule has 42 heavy (non-hydrogen) atoms. The van der Waals surface area contributed by atoms with Crippen molar-refractivity contribution in [2.24, 2.45) is 5.73 Å². The van der Waals surface area contributed by atoms with Gasteiger partial charge in [-0.1, -0.05) is 68.3 Å².